The highest BCUT2D eigenvalue weighted by atomic mass is 32.2. The molecule has 92 valence electrons. The Morgan fingerprint density at radius 3 is 2.82 bits per heavy atom. The molecule has 1 aliphatic heterocycles. The molecule has 5 nitrogen and oxygen atoms in total. The van der Waals surface area contributed by atoms with Crippen LogP contribution in [0.1, 0.15) is 5.56 Å². The van der Waals surface area contributed by atoms with Crippen LogP contribution in [0.3, 0.4) is 0 Å². The molecule has 0 radical (unpaired) electrons. The highest BCUT2D eigenvalue weighted by Crippen LogP contribution is 2.31. The van der Waals surface area contributed by atoms with Crippen molar-refractivity contribution in [2.75, 3.05) is 22.4 Å². The molecule has 0 aromatic heterocycles. The number of nitrogens with two attached hydrogens (primary N) is 1. The highest BCUT2D eigenvalue weighted by molar-refractivity contribution is 7.92. The summed E-state index contributed by atoms with van der Waals surface area (Å²) in [5.74, 6) is 0. The lowest BCUT2D eigenvalue weighted by atomic mass is 10.1. The van der Waals surface area contributed by atoms with E-state index in [1.165, 1.54) is 10.6 Å². The average Bonchev–Trinajstić information content (AvgIpc) is 2.58. The minimum Gasteiger partial charge on any atom is -0.376 e. The van der Waals surface area contributed by atoms with Crippen molar-refractivity contribution in [3.63, 3.8) is 0 Å². The van der Waals surface area contributed by atoms with E-state index in [4.69, 9.17) is 18.0 Å². The van der Waals surface area contributed by atoms with Crippen LogP contribution in [0.4, 0.5) is 11.4 Å². The van der Waals surface area contributed by atoms with Gasteiger partial charge in [-0.05, 0) is 42.4 Å². The molecule has 17 heavy (non-hydrogen) atoms. The summed E-state index contributed by atoms with van der Waals surface area (Å²) in [5.41, 5.74) is 7.88. The molecule has 1 aromatic carbocycles. The number of benzene rings is 1. The molecule has 7 heteroatoms. The molecule has 0 fully saturated rings. The van der Waals surface area contributed by atoms with Gasteiger partial charge in [-0.3, -0.25) is 4.31 Å². The lowest BCUT2D eigenvalue weighted by molar-refractivity contribution is 0.598. The van der Waals surface area contributed by atoms with Gasteiger partial charge in [0.1, 0.15) is 0 Å². The van der Waals surface area contributed by atoms with E-state index >= 15 is 0 Å². The van der Waals surface area contributed by atoms with E-state index in [9.17, 15) is 8.42 Å². The van der Waals surface area contributed by atoms with Gasteiger partial charge >= 0.3 is 0 Å². The maximum atomic E-state index is 11.5. The first-order valence-electron chi connectivity index (χ1n) is 5.05. The topological polar surface area (TPSA) is 75.4 Å². The van der Waals surface area contributed by atoms with Gasteiger partial charge in [0.2, 0.25) is 10.0 Å². The quantitative estimate of drug-likeness (QED) is 0.773. The summed E-state index contributed by atoms with van der Waals surface area (Å²) < 4.78 is 24.5. The van der Waals surface area contributed by atoms with Crippen LogP contribution in [0.25, 0.3) is 0 Å². The molecule has 1 aromatic rings. The van der Waals surface area contributed by atoms with Crippen molar-refractivity contribution in [3.8, 4) is 0 Å². The molecule has 1 aliphatic rings. The number of rotatable bonds is 2. The fraction of sp³-hybridized carbons (Fsp3) is 0.300. The Morgan fingerprint density at radius 1 is 1.53 bits per heavy atom. The first-order valence-corrected chi connectivity index (χ1v) is 7.30. The second kappa shape index (κ2) is 4.15. The smallest absolute Gasteiger partial charge is 0.232 e. The summed E-state index contributed by atoms with van der Waals surface area (Å²) in [4.78, 5) is 0. The number of nitrogens with zero attached hydrogens (tertiary/aromatic N) is 1. The van der Waals surface area contributed by atoms with E-state index in [0.717, 1.165) is 16.9 Å². The molecule has 2 rings (SSSR count). The number of sulfonamides is 1. The fourth-order valence-electron chi connectivity index (χ4n) is 1.94. The Kier molecular flexibility index (Phi) is 2.96. The molecule has 0 aliphatic carbocycles. The summed E-state index contributed by atoms with van der Waals surface area (Å²) in [6.45, 7) is 0.491. The Balaban J connectivity index is 2.35. The van der Waals surface area contributed by atoms with Gasteiger partial charge in [0.25, 0.3) is 0 Å². The van der Waals surface area contributed by atoms with Gasteiger partial charge in [-0.1, -0.05) is 0 Å². The molecule has 0 spiro atoms. The number of thiocarbonyl (C=S) groups is 1. The predicted molar refractivity (Wildman–Crippen MR) is 72.7 cm³/mol. The number of hydrogen-bond acceptors (Lipinski definition) is 3. The molecule has 0 unspecified atom stereocenters. The van der Waals surface area contributed by atoms with E-state index < -0.39 is 10.0 Å². The lowest BCUT2D eigenvalue weighted by Crippen LogP contribution is -2.27. The third-order valence-electron chi connectivity index (χ3n) is 2.60. The van der Waals surface area contributed by atoms with E-state index in [-0.39, 0.29) is 5.11 Å². The van der Waals surface area contributed by atoms with Gasteiger partial charge in [0.15, 0.2) is 5.11 Å². The van der Waals surface area contributed by atoms with E-state index in [1.807, 2.05) is 6.07 Å². The van der Waals surface area contributed by atoms with Crippen molar-refractivity contribution in [1.82, 2.24) is 0 Å². The Labute approximate surface area is 106 Å². The van der Waals surface area contributed by atoms with Crippen LogP contribution in [-0.4, -0.2) is 26.3 Å². The van der Waals surface area contributed by atoms with Gasteiger partial charge in [0, 0.05) is 12.2 Å². The van der Waals surface area contributed by atoms with E-state index in [0.29, 0.717) is 13.0 Å². The third kappa shape index (κ3) is 2.50. The van der Waals surface area contributed by atoms with Gasteiger partial charge in [-0.2, -0.15) is 0 Å². The summed E-state index contributed by atoms with van der Waals surface area (Å²) in [6, 6.07) is 5.41. The molecule has 0 atom stereocenters. The second-order valence-electron chi connectivity index (χ2n) is 3.92. The largest absolute Gasteiger partial charge is 0.376 e. The van der Waals surface area contributed by atoms with Crippen LogP contribution in [-0.2, 0) is 16.4 Å². The standard InChI is InChI=1S/C10H13N3O2S2/c1-17(14,15)13-5-4-7-6-8(12-10(11)16)2-3-9(7)13/h2-3,6H,4-5H2,1H3,(H3,11,12,16). The SMILES string of the molecule is CS(=O)(=O)N1CCc2cc(NC(N)=S)ccc21. The number of anilines is 2. The van der Waals surface area contributed by atoms with Crippen LogP contribution in [0.2, 0.25) is 0 Å². The van der Waals surface area contributed by atoms with Gasteiger partial charge in [-0.25, -0.2) is 8.42 Å². The molecule has 1 heterocycles. The Hall–Kier alpha value is -1.34. The molecule has 0 saturated carbocycles. The monoisotopic (exact) mass is 271 g/mol. The molecule has 0 amide bonds. The summed E-state index contributed by atoms with van der Waals surface area (Å²) in [6.07, 6.45) is 1.92. The van der Waals surface area contributed by atoms with Crippen molar-refractivity contribution in [2.24, 2.45) is 5.73 Å². The van der Waals surface area contributed by atoms with Gasteiger partial charge in [-0.15, -0.1) is 0 Å². The van der Waals surface area contributed by atoms with Crippen LogP contribution in [0.15, 0.2) is 18.2 Å². The normalized spacial score (nSPS) is 14.5. The molecular formula is C10H13N3O2S2. The minimum absolute atomic E-state index is 0.197. The van der Waals surface area contributed by atoms with Crippen molar-refractivity contribution in [3.05, 3.63) is 23.8 Å². The first kappa shape index (κ1) is 12.1. The number of fused-ring (bicyclic) bond motifs is 1. The molecular weight excluding hydrogens is 258 g/mol. The van der Waals surface area contributed by atoms with Crippen LogP contribution >= 0.6 is 12.2 Å². The zero-order valence-corrected chi connectivity index (χ0v) is 10.9. The summed E-state index contributed by atoms with van der Waals surface area (Å²) in [7, 11) is -3.19. The van der Waals surface area contributed by atoms with Crippen LogP contribution in [0.5, 0.6) is 0 Å². The minimum atomic E-state index is -3.19. The lowest BCUT2D eigenvalue weighted by Gasteiger charge is -2.16. The molecule has 0 saturated heterocycles. The summed E-state index contributed by atoms with van der Waals surface area (Å²) >= 11 is 4.75. The van der Waals surface area contributed by atoms with E-state index in [2.05, 4.69) is 5.32 Å². The maximum absolute atomic E-state index is 11.5. The van der Waals surface area contributed by atoms with Crippen molar-refractivity contribution < 1.29 is 8.42 Å². The van der Waals surface area contributed by atoms with Gasteiger partial charge in [0.05, 0.1) is 11.9 Å². The zero-order valence-electron chi connectivity index (χ0n) is 9.30. The van der Waals surface area contributed by atoms with Gasteiger partial charge < -0.3 is 11.1 Å². The average molecular weight is 271 g/mol. The van der Waals surface area contributed by atoms with Crippen molar-refractivity contribution in [2.45, 2.75) is 6.42 Å². The third-order valence-corrected chi connectivity index (χ3v) is 3.88. The Morgan fingerprint density at radius 2 is 2.24 bits per heavy atom. The maximum Gasteiger partial charge on any atom is 0.232 e. The van der Waals surface area contributed by atoms with Crippen LogP contribution in [0, 0.1) is 0 Å². The number of nitrogens with one attached hydrogen (secondary N) is 1. The Bertz CT molecular complexity index is 569. The first-order chi connectivity index (χ1) is 7.88. The van der Waals surface area contributed by atoms with Crippen molar-refractivity contribution >= 4 is 38.7 Å². The second-order valence-corrected chi connectivity index (χ2v) is 6.26. The van der Waals surface area contributed by atoms with Crippen molar-refractivity contribution in [1.29, 1.82) is 0 Å². The molecule has 0 bridgehead atoms. The molecule has 3 N–H and O–H groups in total. The number of hydrogen-bond donors (Lipinski definition) is 2. The van der Waals surface area contributed by atoms with E-state index in [1.54, 1.807) is 12.1 Å². The highest BCUT2D eigenvalue weighted by Gasteiger charge is 2.25. The van der Waals surface area contributed by atoms with Crippen LogP contribution < -0.4 is 15.4 Å². The fourth-order valence-corrected chi connectivity index (χ4v) is 3.01. The predicted octanol–water partition coefficient (Wildman–Crippen LogP) is 0.664. The summed E-state index contributed by atoms with van der Waals surface area (Å²) in [5, 5.41) is 3.03. The zero-order chi connectivity index (χ0) is 12.6.